The molecule has 1 aliphatic rings. The third-order valence-corrected chi connectivity index (χ3v) is 4.05. The number of allylic oxidation sites excluding steroid dienone is 1. The highest BCUT2D eigenvalue weighted by atomic mass is 19.1. The molecule has 0 amide bonds. The van der Waals surface area contributed by atoms with Gasteiger partial charge in [0.2, 0.25) is 0 Å². The van der Waals surface area contributed by atoms with Crippen molar-refractivity contribution in [2.24, 2.45) is 4.99 Å². The number of aliphatic carboxylic acids is 1. The molecule has 0 saturated carbocycles. The molecular weight excluding hydrogens is 311 g/mol. The minimum atomic E-state index is -1.04. The number of nitrogens with zero attached hydrogens (tertiary/aromatic N) is 2. The molecule has 5 nitrogen and oxygen atoms in total. The Hall–Kier alpha value is -2.89. The van der Waals surface area contributed by atoms with E-state index in [2.05, 4.69) is 4.99 Å². The van der Waals surface area contributed by atoms with Gasteiger partial charge in [-0.1, -0.05) is 12.1 Å². The van der Waals surface area contributed by atoms with Crippen molar-refractivity contribution in [3.05, 3.63) is 71.1 Å². The van der Waals surface area contributed by atoms with Crippen molar-refractivity contribution in [1.82, 2.24) is 4.90 Å². The Balaban J connectivity index is 2.17. The Morgan fingerprint density at radius 3 is 2.58 bits per heavy atom. The molecule has 0 spiro atoms. The topological polar surface area (TPSA) is 66.0 Å². The van der Waals surface area contributed by atoms with Gasteiger partial charge >= 0.3 is 5.97 Å². The molecule has 2 aromatic rings. The first-order valence-corrected chi connectivity index (χ1v) is 7.61. The predicted octanol–water partition coefficient (Wildman–Crippen LogP) is 3.60. The van der Waals surface area contributed by atoms with Gasteiger partial charge in [-0.05, 0) is 43.7 Å². The molecule has 0 fully saturated rings. The fourth-order valence-corrected chi connectivity index (χ4v) is 2.91. The zero-order valence-electron chi connectivity index (χ0n) is 13.4. The van der Waals surface area contributed by atoms with Crippen LogP contribution in [0, 0.1) is 5.82 Å². The van der Waals surface area contributed by atoms with Gasteiger partial charge in [-0.15, -0.1) is 0 Å². The van der Waals surface area contributed by atoms with Crippen LogP contribution in [-0.2, 0) is 4.79 Å². The van der Waals surface area contributed by atoms with Crippen LogP contribution in [0.3, 0.4) is 0 Å². The van der Waals surface area contributed by atoms with Crippen LogP contribution < -0.4 is 0 Å². The van der Waals surface area contributed by atoms with E-state index in [1.54, 1.807) is 37.5 Å². The third-order valence-electron chi connectivity index (χ3n) is 4.05. The van der Waals surface area contributed by atoms with E-state index in [0.29, 0.717) is 29.4 Å². The second-order valence-electron chi connectivity index (χ2n) is 5.43. The molecule has 1 unspecified atom stereocenters. The molecule has 1 aliphatic heterocycles. The number of aliphatic imine (C=N–C) groups is 1. The van der Waals surface area contributed by atoms with Crippen LogP contribution in [0.15, 0.2) is 63.3 Å². The van der Waals surface area contributed by atoms with E-state index in [1.165, 1.54) is 12.1 Å². The maximum absolute atomic E-state index is 13.2. The number of benzene rings is 1. The van der Waals surface area contributed by atoms with Crippen LogP contribution in [0.2, 0.25) is 0 Å². The largest absolute Gasteiger partial charge is 0.478 e. The number of hydrogen-bond donors (Lipinski definition) is 1. The van der Waals surface area contributed by atoms with Gasteiger partial charge in [0, 0.05) is 12.2 Å². The molecular formula is C18H17FN2O3. The molecule has 1 aromatic heterocycles. The fourth-order valence-electron chi connectivity index (χ4n) is 2.91. The molecule has 24 heavy (non-hydrogen) atoms. The number of carboxylic acids is 1. The Bertz CT molecular complexity index is 807. The third kappa shape index (κ3) is 2.71. The Labute approximate surface area is 138 Å². The summed E-state index contributed by atoms with van der Waals surface area (Å²) in [6.07, 6.45) is 1.55. The lowest BCUT2D eigenvalue weighted by molar-refractivity contribution is -0.133. The van der Waals surface area contributed by atoms with E-state index in [1.807, 2.05) is 11.8 Å². The quantitative estimate of drug-likeness (QED) is 0.931. The number of hydrogen-bond acceptors (Lipinski definition) is 4. The second kappa shape index (κ2) is 6.31. The predicted molar refractivity (Wildman–Crippen MR) is 87.1 cm³/mol. The first-order chi connectivity index (χ1) is 11.5. The number of furan rings is 1. The molecule has 0 bridgehead atoms. The van der Waals surface area contributed by atoms with Gasteiger partial charge in [0.25, 0.3) is 0 Å². The van der Waals surface area contributed by atoms with Gasteiger partial charge in [-0.25, -0.2) is 9.18 Å². The molecule has 124 valence electrons. The average Bonchev–Trinajstić information content (AvgIpc) is 3.08. The molecule has 1 atom stereocenters. The highest BCUT2D eigenvalue weighted by molar-refractivity contribution is 6.01. The van der Waals surface area contributed by atoms with E-state index < -0.39 is 12.0 Å². The maximum atomic E-state index is 13.2. The smallest absolute Gasteiger partial charge is 0.335 e. The summed E-state index contributed by atoms with van der Waals surface area (Å²) in [5.41, 5.74) is 1.40. The molecule has 1 N–H and O–H groups in total. The summed E-state index contributed by atoms with van der Waals surface area (Å²) in [6, 6.07) is 8.54. The van der Waals surface area contributed by atoms with Crippen molar-refractivity contribution < 1.29 is 18.7 Å². The molecule has 6 heteroatoms. The summed E-state index contributed by atoms with van der Waals surface area (Å²) in [5.74, 6) is -0.285. The number of carbonyl (C=O) groups is 1. The Morgan fingerprint density at radius 2 is 2.04 bits per heavy atom. The van der Waals surface area contributed by atoms with E-state index in [-0.39, 0.29) is 11.4 Å². The molecule has 0 aliphatic carbocycles. The number of rotatable bonds is 4. The number of halogens is 1. The lowest BCUT2D eigenvalue weighted by Gasteiger charge is -2.33. The summed E-state index contributed by atoms with van der Waals surface area (Å²) in [4.78, 5) is 18.2. The normalized spacial score (nSPS) is 17.9. The summed E-state index contributed by atoms with van der Waals surface area (Å²) >= 11 is 0. The zero-order chi connectivity index (χ0) is 17.3. The van der Waals surface area contributed by atoms with Crippen LogP contribution in [0.4, 0.5) is 4.39 Å². The van der Waals surface area contributed by atoms with Crippen molar-refractivity contribution in [2.75, 3.05) is 6.54 Å². The van der Waals surface area contributed by atoms with Crippen LogP contribution in [0.5, 0.6) is 0 Å². The van der Waals surface area contributed by atoms with Crippen LogP contribution in [0.1, 0.15) is 31.2 Å². The molecule has 2 heterocycles. The maximum Gasteiger partial charge on any atom is 0.335 e. The van der Waals surface area contributed by atoms with Crippen molar-refractivity contribution >= 4 is 11.8 Å². The van der Waals surface area contributed by atoms with Crippen molar-refractivity contribution in [3.63, 3.8) is 0 Å². The first kappa shape index (κ1) is 16.0. The molecule has 3 rings (SSSR count). The van der Waals surface area contributed by atoms with Gasteiger partial charge in [0.1, 0.15) is 11.9 Å². The van der Waals surface area contributed by atoms with Gasteiger partial charge in [0.15, 0.2) is 11.6 Å². The van der Waals surface area contributed by atoms with Crippen LogP contribution >= 0.6 is 0 Å². The minimum Gasteiger partial charge on any atom is -0.478 e. The average molecular weight is 328 g/mol. The highest BCUT2D eigenvalue weighted by Gasteiger charge is 2.33. The monoisotopic (exact) mass is 328 g/mol. The number of carboxylic acid groups (broad SMARTS) is 1. The summed E-state index contributed by atoms with van der Waals surface area (Å²) < 4.78 is 18.7. The summed E-state index contributed by atoms with van der Waals surface area (Å²) in [7, 11) is 0. The SMILES string of the molecule is CCN1C(c2ccco2)=NC(c2ccc(F)cc2)C(C(=O)O)=C1C. The zero-order valence-corrected chi connectivity index (χ0v) is 13.4. The van der Waals surface area contributed by atoms with Gasteiger partial charge in [0.05, 0.1) is 11.8 Å². The van der Waals surface area contributed by atoms with E-state index >= 15 is 0 Å². The first-order valence-electron chi connectivity index (χ1n) is 7.61. The Kier molecular flexibility index (Phi) is 4.20. The lowest BCUT2D eigenvalue weighted by atomic mass is 9.95. The minimum absolute atomic E-state index is 0.179. The lowest BCUT2D eigenvalue weighted by Crippen LogP contribution is -2.36. The van der Waals surface area contributed by atoms with Crippen LogP contribution in [0.25, 0.3) is 0 Å². The molecule has 1 aromatic carbocycles. The van der Waals surface area contributed by atoms with Gasteiger partial charge < -0.3 is 14.4 Å². The molecule has 0 saturated heterocycles. The summed E-state index contributed by atoms with van der Waals surface area (Å²) in [6.45, 7) is 4.22. The van der Waals surface area contributed by atoms with Crippen molar-refractivity contribution in [2.45, 2.75) is 19.9 Å². The fraction of sp³-hybridized carbons (Fsp3) is 0.222. The highest BCUT2D eigenvalue weighted by Crippen LogP contribution is 2.35. The van der Waals surface area contributed by atoms with Gasteiger partial charge in [-0.2, -0.15) is 0 Å². The van der Waals surface area contributed by atoms with E-state index in [4.69, 9.17) is 4.42 Å². The van der Waals surface area contributed by atoms with Crippen LogP contribution in [-0.4, -0.2) is 28.4 Å². The van der Waals surface area contributed by atoms with Crippen molar-refractivity contribution in [1.29, 1.82) is 0 Å². The standard InChI is InChI=1S/C18H17FN2O3/c1-3-21-11(2)15(18(22)23)16(12-6-8-13(19)9-7-12)20-17(21)14-5-4-10-24-14/h4-10,16H,3H2,1-2H3,(H,22,23). The van der Waals surface area contributed by atoms with Crippen molar-refractivity contribution in [3.8, 4) is 0 Å². The molecule has 0 radical (unpaired) electrons. The second-order valence-corrected chi connectivity index (χ2v) is 5.43. The van der Waals surface area contributed by atoms with Gasteiger partial charge in [-0.3, -0.25) is 4.99 Å². The van der Waals surface area contributed by atoms with E-state index in [0.717, 1.165) is 0 Å². The van der Waals surface area contributed by atoms with E-state index in [9.17, 15) is 14.3 Å². The summed E-state index contributed by atoms with van der Waals surface area (Å²) in [5, 5.41) is 9.67. The number of amidine groups is 1. The Morgan fingerprint density at radius 1 is 1.33 bits per heavy atom.